The summed E-state index contributed by atoms with van der Waals surface area (Å²) in [5.41, 5.74) is 1.12. The molecule has 3 fully saturated rings. The lowest BCUT2D eigenvalue weighted by Gasteiger charge is -2.59. The largest absolute Gasteiger partial charge is 0.396 e. The zero-order valence-electron chi connectivity index (χ0n) is 9.08. The first-order valence-electron chi connectivity index (χ1n) is 5.63. The van der Waals surface area contributed by atoms with Crippen molar-refractivity contribution in [3.63, 3.8) is 0 Å². The molecule has 2 heterocycles. The molecule has 2 aliphatic heterocycles. The molecule has 3 aliphatic rings. The number of aliphatic hydroxyl groups excluding tert-OH is 1. The lowest BCUT2D eigenvalue weighted by Crippen LogP contribution is -2.60. The smallest absolute Gasteiger partial charge is 0.123 e. The molecule has 16 heavy (non-hydrogen) atoms. The SMILES string of the molecule is OCC12COCC(c3ccc(F)cc3)(C1)C2. The van der Waals surface area contributed by atoms with Gasteiger partial charge in [-0.1, -0.05) is 12.1 Å². The van der Waals surface area contributed by atoms with E-state index in [0.29, 0.717) is 13.2 Å². The molecule has 1 aromatic carbocycles. The highest BCUT2D eigenvalue weighted by Gasteiger charge is 2.58. The Labute approximate surface area is 94.0 Å². The van der Waals surface area contributed by atoms with Gasteiger partial charge in [-0.05, 0) is 30.5 Å². The van der Waals surface area contributed by atoms with Gasteiger partial charge in [-0.25, -0.2) is 4.39 Å². The van der Waals surface area contributed by atoms with E-state index < -0.39 is 0 Å². The summed E-state index contributed by atoms with van der Waals surface area (Å²) in [6, 6.07) is 6.67. The summed E-state index contributed by atoms with van der Waals surface area (Å²) in [4.78, 5) is 0. The van der Waals surface area contributed by atoms with E-state index >= 15 is 0 Å². The standard InChI is InChI=1S/C13H15FO2/c14-11-3-1-10(2-4-11)13-5-12(6-13,7-15)8-16-9-13/h1-4,15H,5-9H2. The third-order valence-electron chi connectivity index (χ3n) is 4.01. The first-order valence-corrected chi connectivity index (χ1v) is 5.63. The highest BCUT2D eigenvalue weighted by molar-refractivity contribution is 5.32. The highest BCUT2D eigenvalue weighted by Crippen LogP contribution is 2.58. The minimum absolute atomic E-state index is 0.0225. The van der Waals surface area contributed by atoms with Gasteiger partial charge in [0.1, 0.15) is 5.82 Å². The van der Waals surface area contributed by atoms with Crippen LogP contribution in [-0.2, 0) is 10.2 Å². The highest BCUT2D eigenvalue weighted by atomic mass is 19.1. The van der Waals surface area contributed by atoms with Crippen molar-refractivity contribution in [2.75, 3.05) is 19.8 Å². The van der Waals surface area contributed by atoms with Crippen LogP contribution >= 0.6 is 0 Å². The topological polar surface area (TPSA) is 29.5 Å². The first-order chi connectivity index (χ1) is 7.68. The van der Waals surface area contributed by atoms with E-state index in [1.807, 2.05) is 12.1 Å². The molecule has 2 nitrogen and oxygen atoms in total. The number of ether oxygens (including phenoxy) is 1. The van der Waals surface area contributed by atoms with E-state index in [1.165, 1.54) is 12.1 Å². The monoisotopic (exact) mass is 222 g/mol. The first kappa shape index (κ1) is 10.2. The Hall–Kier alpha value is -0.930. The van der Waals surface area contributed by atoms with Crippen LogP contribution in [0.1, 0.15) is 18.4 Å². The van der Waals surface area contributed by atoms with Gasteiger partial charge >= 0.3 is 0 Å². The molecule has 1 aliphatic carbocycles. The Bertz CT molecular complexity index is 393. The van der Waals surface area contributed by atoms with Gasteiger partial charge in [0.15, 0.2) is 0 Å². The fourth-order valence-electron chi connectivity index (χ4n) is 3.30. The minimum atomic E-state index is -0.204. The van der Waals surface area contributed by atoms with Gasteiger partial charge in [-0.3, -0.25) is 0 Å². The van der Waals surface area contributed by atoms with Crippen LogP contribution in [0.2, 0.25) is 0 Å². The Morgan fingerprint density at radius 1 is 1.19 bits per heavy atom. The molecule has 0 amide bonds. The number of fused-ring (bicyclic) bond motifs is 2. The summed E-state index contributed by atoms with van der Waals surface area (Å²) < 4.78 is 18.4. The van der Waals surface area contributed by atoms with E-state index in [2.05, 4.69) is 0 Å². The van der Waals surface area contributed by atoms with Crippen LogP contribution in [-0.4, -0.2) is 24.9 Å². The molecule has 0 aromatic heterocycles. The fraction of sp³-hybridized carbons (Fsp3) is 0.538. The predicted octanol–water partition coefficient (Wildman–Crippen LogP) is 1.87. The van der Waals surface area contributed by atoms with Gasteiger partial charge in [-0.15, -0.1) is 0 Å². The van der Waals surface area contributed by atoms with Crippen molar-refractivity contribution in [1.82, 2.24) is 0 Å². The molecule has 86 valence electrons. The maximum absolute atomic E-state index is 12.9. The molecule has 1 saturated carbocycles. The van der Waals surface area contributed by atoms with E-state index in [4.69, 9.17) is 4.74 Å². The van der Waals surface area contributed by atoms with Crippen molar-refractivity contribution in [3.8, 4) is 0 Å². The summed E-state index contributed by atoms with van der Waals surface area (Å²) in [6.45, 7) is 1.54. The Kier molecular flexibility index (Phi) is 2.10. The molecule has 0 unspecified atom stereocenters. The van der Waals surface area contributed by atoms with Crippen molar-refractivity contribution in [3.05, 3.63) is 35.6 Å². The molecule has 2 saturated heterocycles. The molecule has 1 aromatic rings. The predicted molar refractivity (Wildman–Crippen MR) is 57.6 cm³/mol. The van der Waals surface area contributed by atoms with Crippen LogP contribution < -0.4 is 0 Å². The average Bonchev–Trinajstić information content (AvgIpc) is 2.29. The molecule has 0 spiro atoms. The summed E-state index contributed by atoms with van der Waals surface area (Å²) in [5, 5.41) is 9.35. The fourth-order valence-corrected chi connectivity index (χ4v) is 3.30. The summed E-state index contributed by atoms with van der Waals surface area (Å²) in [7, 11) is 0. The maximum atomic E-state index is 12.9. The molecule has 0 atom stereocenters. The molecular weight excluding hydrogens is 207 g/mol. The number of hydrogen-bond donors (Lipinski definition) is 1. The summed E-state index contributed by atoms with van der Waals surface area (Å²) >= 11 is 0. The van der Waals surface area contributed by atoms with Crippen molar-refractivity contribution >= 4 is 0 Å². The van der Waals surface area contributed by atoms with Crippen LogP contribution in [0, 0.1) is 11.2 Å². The van der Waals surface area contributed by atoms with Crippen LogP contribution in [0.4, 0.5) is 4.39 Å². The van der Waals surface area contributed by atoms with Crippen molar-refractivity contribution in [2.45, 2.75) is 18.3 Å². The maximum Gasteiger partial charge on any atom is 0.123 e. The molecular formula is C13H15FO2. The van der Waals surface area contributed by atoms with Gasteiger partial charge in [0, 0.05) is 10.8 Å². The second-order valence-corrected chi connectivity index (χ2v) is 5.29. The Morgan fingerprint density at radius 2 is 1.88 bits per heavy atom. The van der Waals surface area contributed by atoms with Crippen LogP contribution in [0.3, 0.4) is 0 Å². The van der Waals surface area contributed by atoms with Crippen molar-refractivity contribution in [2.24, 2.45) is 5.41 Å². The lowest BCUT2D eigenvalue weighted by molar-refractivity contribution is -0.170. The van der Waals surface area contributed by atoms with Gasteiger partial charge in [0.25, 0.3) is 0 Å². The normalized spacial score (nSPS) is 36.9. The van der Waals surface area contributed by atoms with E-state index in [9.17, 15) is 9.50 Å². The Balaban J connectivity index is 1.88. The number of rotatable bonds is 2. The van der Waals surface area contributed by atoms with Gasteiger partial charge in [0.05, 0.1) is 19.8 Å². The average molecular weight is 222 g/mol. The lowest BCUT2D eigenvalue weighted by atomic mass is 9.50. The number of benzene rings is 1. The third-order valence-corrected chi connectivity index (χ3v) is 4.01. The van der Waals surface area contributed by atoms with E-state index in [-0.39, 0.29) is 23.3 Å². The zero-order valence-corrected chi connectivity index (χ0v) is 9.08. The van der Waals surface area contributed by atoms with E-state index in [0.717, 1.165) is 18.4 Å². The van der Waals surface area contributed by atoms with Crippen LogP contribution in [0.15, 0.2) is 24.3 Å². The third kappa shape index (κ3) is 1.31. The summed E-state index contributed by atoms with van der Waals surface area (Å²) in [5.74, 6) is -0.204. The number of hydrogen-bond acceptors (Lipinski definition) is 2. The second-order valence-electron chi connectivity index (χ2n) is 5.29. The van der Waals surface area contributed by atoms with Crippen molar-refractivity contribution < 1.29 is 14.2 Å². The molecule has 1 N–H and O–H groups in total. The molecule has 0 radical (unpaired) electrons. The number of halogens is 1. The Morgan fingerprint density at radius 3 is 2.50 bits per heavy atom. The quantitative estimate of drug-likeness (QED) is 0.827. The summed E-state index contributed by atoms with van der Waals surface area (Å²) in [6.07, 6.45) is 1.92. The van der Waals surface area contributed by atoms with Crippen molar-refractivity contribution in [1.29, 1.82) is 0 Å². The molecule has 2 bridgehead atoms. The van der Waals surface area contributed by atoms with Gasteiger partial charge < -0.3 is 9.84 Å². The van der Waals surface area contributed by atoms with Gasteiger partial charge in [0.2, 0.25) is 0 Å². The second kappa shape index (κ2) is 3.28. The molecule has 3 heteroatoms. The van der Waals surface area contributed by atoms with E-state index in [1.54, 1.807) is 0 Å². The zero-order chi connectivity index (χ0) is 11.2. The van der Waals surface area contributed by atoms with Gasteiger partial charge in [-0.2, -0.15) is 0 Å². The number of aliphatic hydroxyl groups is 1. The van der Waals surface area contributed by atoms with Crippen LogP contribution in [0.25, 0.3) is 0 Å². The molecule has 4 rings (SSSR count). The van der Waals surface area contributed by atoms with Crippen LogP contribution in [0.5, 0.6) is 0 Å². The minimum Gasteiger partial charge on any atom is -0.396 e.